The number of benzene rings is 8. The van der Waals surface area contributed by atoms with E-state index in [0.717, 1.165) is 39.0 Å². The maximum absolute atomic E-state index is 6.55. The summed E-state index contributed by atoms with van der Waals surface area (Å²) < 4.78 is 11.7. The first-order valence-electron chi connectivity index (χ1n) is 17.5. The summed E-state index contributed by atoms with van der Waals surface area (Å²) in [6.45, 7) is 0. The number of rotatable bonds is 5. The average molecular weight is 700 g/mol. The minimum absolute atomic E-state index is 0.877. The Morgan fingerprint density at radius 2 is 1.02 bits per heavy atom. The predicted molar refractivity (Wildman–Crippen MR) is 225 cm³/mol. The third kappa shape index (κ3) is 4.55. The Bertz CT molecular complexity index is 3130. The Kier molecular flexibility index (Phi) is 6.63. The summed E-state index contributed by atoms with van der Waals surface area (Å²) in [7, 11) is 0. The first-order valence-corrected chi connectivity index (χ1v) is 19.1. The van der Waals surface area contributed by atoms with Crippen LogP contribution in [0, 0.1) is 0 Å². The van der Waals surface area contributed by atoms with Crippen molar-refractivity contribution in [2.45, 2.75) is 0 Å². The Morgan fingerprint density at radius 3 is 1.81 bits per heavy atom. The predicted octanol–water partition coefficient (Wildman–Crippen LogP) is 15.1. The highest BCUT2D eigenvalue weighted by atomic mass is 32.1. The molecule has 0 aliphatic heterocycles. The summed E-state index contributed by atoms with van der Waals surface area (Å²) in [4.78, 5) is 2.50. The Balaban J connectivity index is 1.29. The summed E-state index contributed by atoms with van der Waals surface area (Å²) in [5, 5.41) is 7.28. The molecule has 2 nitrogen and oxygen atoms in total. The van der Waals surface area contributed by atoms with Crippen LogP contribution < -0.4 is 4.90 Å². The van der Waals surface area contributed by atoms with Crippen LogP contribution >= 0.6 is 22.7 Å². The van der Waals surface area contributed by atoms with E-state index >= 15 is 0 Å². The Hall–Kier alpha value is -6.20. The lowest BCUT2D eigenvalue weighted by atomic mass is 9.98. The van der Waals surface area contributed by atoms with Gasteiger partial charge in [0.1, 0.15) is 11.2 Å². The van der Waals surface area contributed by atoms with E-state index in [4.69, 9.17) is 4.42 Å². The first kappa shape index (κ1) is 29.5. The topological polar surface area (TPSA) is 16.4 Å². The fourth-order valence-electron chi connectivity index (χ4n) is 7.91. The standard InChI is InChI=1S/C48H29NOS2/c1-3-13-30(14-4-1)32-27-40(46-37-18-8-11-21-43(37)51-45(46)28-32)49(33-23-24-36-35-17-7-10-20-41(35)50-42(36)29-33)39-26-25-34(31-15-5-2-6-16-31)48-47(39)38-19-9-12-22-44(38)52-48/h1-29H. The first-order chi connectivity index (χ1) is 25.8. The van der Waals surface area contributed by atoms with Gasteiger partial charge in [0.25, 0.3) is 0 Å². The lowest BCUT2D eigenvalue weighted by molar-refractivity contribution is 0.669. The second kappa shape index (κ2) is 11.7. The van der Waals surface area contributed by atoms with Gasteiger partial charge in [-0.1, -0.05) is 121 Å². The van der Waals surface area contributed by atoms with Crippen LogP contribution in [0.25, 0.3) is 84.5 Å². The van der Waals surface area contributed by atoms with Crippen molar-refractivity contribution < 1.29 is 4.42 Å². The molecule has 0 unspecified atom stereocenters. The number of nitrogens with zero attached hydrogens (tertiary/aromatic N) is 1. The number of fused-ring (bicyclic) bond motifs is 9. The van der Waals surface area contributed by atoms with Crippen molar-refractivity contribution in [3.63, 3.8) is 0 Å². The van der Waals surface area contributed by atoms with Gasteiger partial charge in [-0.3, -0.25) is 0 Å². The molecule has 0 aliphatic carbocycles. The van der Waals surface area contributed by atoms with Crippen molar-refractivity contribution in [3.8, 4) is 22.3 Å². The average Bonchev–Trinajstić information content (AvgIpc) is 3.90. The molecule has 244 valence electrons. The Labute approximate surface area is 308 Å². The van der Waals surface area contributed by atoms with Gasteiger partial charge in [-0.2, -0.15) is 0 Å². The van der Waals surface area contributed by atoms with Crippen LogP contribution in [0.4, 0.5) is 17.1 Å². The number of hydrogen-bond donors (Lipinski definition) is 0. The molecule has 0 bridgehead atoms. The van der Waals surface area contributed by atoms with Crippen molar-refractivity contribution in [2.24, 2.45) is 0 Å². The highest BCUT2D eigenvalue weighted by Crippen LogP contribution is 2.52. The van der Waals surface area contributed by atoms with Crippen LogP contribution in [0.3, 0.4) is 0 Å². The maximum atomic E-state index is 6.55. The third-order valence-electron chi connectivity index (χ3n) is 10.3. The zero-order valence-electron chi connectivity index (χ0n) is 27.9. The molecule has 3 heterocycles. The van der Waals surface area contributed by atoms with E-state index < -0.39 is 0 Å². The summed E-state index contributed by atoms with van der Waals surface area (Å²) in [5.41, 5.74) is 9.97. The molecule has 4 heteroatoms. The smallest absolute Gasteiger partial charge is 0.137 e. The molecule has 11 aromatic rings. The molecular formula is C48H29NOS2. The molecule has 0 fully saturated rings. The maximum Gasteiger partial charge on any atom is 0.137 e. The van der Waals surface area contributed by atoms with E-state index in [1.54, 1.807) is 0 Å². The molecule has 8 aromatic carbocycles. The molecule has 0 N–H and O–H groups in total. The summed E-state index contributed by atoms with van der Waals surface area (Å²) >= 11 is 3.74. The summed E-state index contributed by atoms with van der Waals surface area (Å²) in [6, 6.07) is 63.7. The van der Waals surface area contributed by atoms with E-state index in [9.17, 15) is 0 Å². The van der Waals surface area contributed by atoms with Gasteiger partial charge in [0.05, 0.1) is 11.4 Å². The molecule has 3 aromatic heterocycles. The van der Waals surface area contributed by atoms with E-state index in [0.29, 0.717) is 0 Å². The Morgan fingerprint density at radius 1 is 0.385 bits per heavy atom. The number of thiophene rings is 2. The second-order valence-electron chi connectivity index (χ2n) is 13.2. The monoisotopic (exact) mass is 699 g/mol. The van der Waals surface area contributed by atoms with Gasteiger partial charge < -0.3 is 9.32 Å². The normalized spacial score (nSPS) is 11.8. The fourth-order valence-corrected chi connectivity index (χ4v) is 10.3. The van der Waals surface area contributed by atoms with E-state index in [-0.39, 0.29) is 0 Å². The van der Waals surface area contributed by atoms with Crippen molar-refractivity contribution in [3.05, 3.63) is 176 Å². The number of para-hydroxylation sites is 1. The second-order valence-corrected chi connectivity index (χ2v) is 15.4. The molecule has 0 saturated carbocycles. The number of furan rings is 1. The lowest BCUT2D eigenvalue weighted by Crippen LogP contribution is -2.11. The highest BCUT2D eigenvalue weighted by molar-refractivity contribution is 7.26. The molecule has 0 atom stereocenters. The van der Waals surface area contributed by atoms with E-state index in [1.807, 2.05) is 28.7 Å². The zero-order valence-corrected chi connectivity index (χ0v) is 29.5. The van der Waals surface area contributed by atoms with Gasteiger partial charge in [0, 0.05) is 62.9 Å². The van der Waals surface area contributed by atoms with Gasteiger partial charge in [0.2, 0.25) is 0 Å². The SMILES string of the molecule is c1ccc(-c2cc(N(c3ccc4c(c3)oc3ccccc34)c3ccc(-c4ccccc4)c4sc5ccccc5c34)c3c(c2)sc2ccccc23)cc1. The minimum atomic E-state index is 0.877. The van der Waals surface area contributed by atoms with Crippen molar-refractivity contribution in [2.75, 3.05) is 4.90 Å². The van der Waals surface area contributed by atoms with E-state index in [1.165, 1.54) is 62.6 Å². The molecule has 0 saturated heterocycles. The fraction of sp³-hybridized carbons (Fsp3) is 0. The summed E-state index contributed by atoms with van der Waals surface area (Å²) in [5.74, 6) is 0. The number of anilines is 3. The molecule has 0 aliphatic rings. The molecule has 0 radical (unpaired) electrons. The highest BCUT2D eigenvalue weighted by Gasteiger charge is 2.25. The largest absolute Gasteiger partial charge is 0.456 e. The number of hydrogen-bond acceptors (Lipinski definition) is 4. The van der Waals surface area contributed by atoms with Gasteiger partial charge >= 0.3 is 0 Å². The zero-order chi connectivity index (χ0) is 34.2. The van der Waals surface area contributed by atoms with Gasteiger partial charge in [-0.25, -0.2) is 0 Å². The lowest BCUT2D eigenvalue weighted by Gasteiger charge is -2.28. The van der Waals surface area contributed by atoms with Gasteiger partial charge in [-0.15, -0.1) is 22.7 Å². The van der Waals surface area contributed by atoms with Crippen molar-refractivity contribution >= 4 is 102 Å². The van der Waals surface area contributed by atoms with Crippen molar-refractivity contribution in [1.82, 2.24) is 0 Å². The van der Waals surface area contributed by atoms with Crippen LogP contribution in [0.15, 0.2) is 180 Å². The van der Waals surface area contributed by atoms with Crippen LogP contribution in [0.5, 0.6) is 0 Å². The minimum Gasteiger partial charge on any atom is -0.456 e. The van der Waals surface area contributed by atoms with Gasteiger partial charge in [-0.05, 0) is 70.8 Å². The van der Waals surface area contributed by atoms with Crippen LogP contribution in [-0.4, -0.2) is 0 Å². The van der Waals surface area contributed by atoms with Gasteiger partial charge in [0.15, 0.2) is 0 Å². The molecule has 11 rings (SSSR count). The van der Waals surface area contributed by atoms with Crippen LogP contribution in [0.1, 0.15) is 0 Å². The quantitative estimate of drug-likeness (QED) is 0.178. The van der Waals surface area contributed by atoms with Crippen LogP contribution in [0.2, 0.25) is 0 Å². The summed E-state index contributed by atoms with van der Waals surface area (Å²) in [6.07, 6.45) is 0. The molecule has 0 spiro atoms. The molecular weight excluding hydrogens is 671 g/mol. The third-order valence-corrected chi connectivity index (χ3v) is 12.6. The van der Waals surface area contributed by atoms with E-state index in [2.05, 4.69) is 175 Å². The van der Waals surface area contributed by atoms with Crippen LogP contribution in [-0.2, 0) is 0 Å². The molecule has 0 amide bonds. The molecule has 52 heavy (non-hydrogen) atoms. The van der Waals surface area contributed by atoms with Crippen molar-refractivity contribution in [1.29, 1.82) is 0 Å².